The summed E-state index contributed by atoms with van der Waals surface area (Å²) in [6.45, 7) is 0.184. The van der Waals surface area contributed by atoms with E-state index >= 15 is 0 Å². The molecule has 1 heterocycles. The second-order valence-electron chi connectivity index (χ2n) is 4.54. The molecule has 0 aromatic heterocycles. The largest absolute Gasteiger partial charge is 0.448 e. The summed E-state index contributed by atoms with van der Waals surface area (Å²) in [7, 11) is 0. The van der Waals surface area contributed by atoms with Gasteiger partial charge < -0.3 is 20.3 Å². The van der Waals surface area contributed by atoms with Gasteiger partial charge in [-0.3, -0.25) is 0 Å². The Hall–Kier alpha value is -0.780. The molecule has 3 rings (SSSR count). The SMILES string of the molecule is NCC(O)c1cc2c(cc1Br)OC1(CCC1)O2. The van der Waals surface area contributed by atoms with Gasteiger partial charge in [-0.05, 0) is 24.1 Å². The van der Waals surface area contributed by atoms with E-state index in [1.54, 1.807) is 0 Å². The minimum absolute atomic E-state index is 0.184. The maximum atomic E-state index is 9.79. The summed E-state index contributed by atoms with van der Waals surface area (Å²) in [5.74, 6) is 1.01. The lowest BCUT2D eigenvalue weighted by atomic mass is 9.91. The highest BCUT2D eigenvalue weighted by molar-refractivity contribution is 9.10. The summed E-state index contributed by atoms with van der Waals surface area (Å²) < 4.78 is 12.4. The molecule has 2 aliphatic rings. The number of aliphatic hydroxyl groups is 1. The lowest BCUT2D eigenvalue weighted by Crippen LogP contribution is -2.45. The number of nitrogens with two attached hydrogens (primary N) is 1. The van der Waals surface area contributed by atoms with Crippen LogP contribution in [0.15, 0.2) is 16.6 Å². The predicted octanol–water partition coefficient (Wildman–Crippen LogP) is 2.09. The molecule has 1 unspecified atom stereocenters. The van der Waals surface area contributed by atoms with E-state index < -0.39 is 11.9 Å². The second-order valence-corrected chi connectivity index (χ2v) is 5.39. The zero-order valence-corrected chi connectivity index (χ0v) is 10.9. The molecule has 1 aromatic carbocycles. The highest BCUT2D eigenvalue weighted by Crippen LogP contribution is 2.50. The van der Waals surface area contributed by atoms with Crippen LogP contribution in [0.1, 0.15) is 30.9 Å². The zero-order valence-electron chi connectivity index (χ0n) is 9.28. The second kappa shape index (κ2) is 3.86. The van der Waals surface area contributed by atoms with Gasteiger partial charge in [-0.2, -0.15) is 0 Å². The van der Waals surface area contributed by atoms with Gasteiger partial charge in [0.05, 0.1) is 6.10 Å². The first-order valence-electron chi connectivity index (χ1n) is 5.73. The van der Waals surface area contributed by atoms with Gasteiger partial charge in [-0.25, -0.2) is 0 Å². The average molecular weight is 300 g/mol. The Morgan fingerprint density at radius 1 is 1.35 bits per heavy atom. The molecule has 0 bridgehead atoms. The van der Waals surface area contributed by atoms with E-state index in [4.69, 9.17) is 15.2 Å². The van der Waals surface area contributed by atoms with Gasteiger partial charge in [0, 0.05) is 23.9 Å². The van der Waals surface area contributed by atoms with Crippen molar-refractivity contribution < 1.29 is 14.6 Å². The van der Waals surface area contributed by atoms with Gasteiger partial charge in [0.15, 0.2) is 11.5 Å². The van der Waals surface area contributed by atoms with Crippen LogP contribution in [0.5, 0.6) is 11.5 Å². The summed E-state index contributed by atoms with van der Waals surface area (Å²) in [5, 5.41) is 9.79. The van der Waals surface area contributed by atoms with Crippen LogP contribution in [0.4, 0.5) is 0 Å². The van der Waals surface area contributed by atoms with Crippen molar-refractivity contribution in [2.75, 3.05) is 6.54 Å². The monoisotopic (exact) mass is 299 g/mol. The molecule has 1 fully saturated rings. The fourth-order valence-corrected chi connectivity index (χ4v) is 2.77. The summed E-state index contributed by atoms with van der Waals surface area (Å²) in [4.78, 5) is 0. The van der Waals surface area contributed by atoms with Crippen molar-refractivity contribution in [2.45, 2.75) is 31.2 Å². The van der Waals surface area contributed by atoms with Crippen molar-refractivity contribution in [1.29, 1.82) is 0 Å². The van der Waals surface area contributed by atoms with Crippen LogP contribution in [-0.2, 0) is 0 Å². The number of fused-ring (bicyclic) bond motifs is 1. The molecule has 17 heavy (non-hydrogen) atoms. The van der Waals surface area contributed by atoms with E-state index in [0.717, 1.165) is 35.0 Å². The van der Waals surface area contributed by atoms with Crippen LogP contribution in [0.25, 0.3) is 0 Å². The molecule has 1 spiro atoms. The van der Waals surface area contributed by atoms with Crippen LogP contribution in [0, 0.1) is 0 Å². The molecule has 1 atom stereocenters. The van der Waals surface area contributed by atoms with Gasteiger partial charge in [-0.1, -0.05) is 15.9 Å². The quantitative estimate of drug-likeness (QED) is 0.878. The van der Waals surface area contributed by atoms with Crippen molar-refractivity contribution in [3.05, 3.63) is 22.2 Å². The maximum absolute atomic E-state index is 9.79. The molecule has 5 heteroatoms. The highest BCUT2D eigenvalue weighted by atomic mass is 79.9. The van der Waals surface area contributed by atoms with Gasteiger partial charge in [0.25, 0.3) is 5.79 Å². The van der Waals surface area contributed by atoms with E-state index in [0.29, 0.717) is 5.75 Å². The molecular formula is C12H14BrNO3. The predicted molar refractivity (Wildman–Crippen MR) is 66.0 cm³/mol. The number of hydrogen-bond donors (Lipinski definition) is 2. The third-order valence-corrected chi connectivity index (χ3v) is 4.04. The molecule has 4 nitrogen and oxygen atoms in total. The van der Waals surface area contributed by atoms with Crippen molar-refractivity contribution in [1.82, 2.24) is 0 Å². The molecule has 92 valence electrons. The third kappa shape index (κ3) is 1.73. The molecule has 1 aliphatic heterocycles. The minimum Gasteiger partial charge on any atom is -0.448 e. The molecular weight excluding hydrogens is 286 g/mol. The van der Waals surface area contributed by atoms with Crippen LogP contribution in [0.2, 0.25) is 0 Å². The number of aliphatic hydroxyl groups excluding tert-OH is 1. The Labute approximate surface area is 108 Å². The molecule has 0 radical (unpaired) electrons. The van der Waals surface area contributed by atoms with Gasteiger partial charge in [0.2, 0.25) is 0 Å². The number of ether oxygens (including phenoxy) is 2. The number of halogens is 1. The van der Waals surface area contributed by atoms with E-state index in [2.05, 4.69) is 15.9 Å². The summed E-state index contributed by atoms with van der Waals surface area (Å²) in [5.41, 5.74) is 6.21. The molecule has 0 saturated heterocycles. The fraction of sp³-hybridized carbons (Fsp3) is 0.500. The van der Waals surface area contributed by atoms with Gasteiger partial charge >= 0.3 is 0 Å². The van der Waals surface area contributed by atoms with Gasteiger partial charge in [-0.15, -0.1) is 0 Å². The maximum Gasteiger partial charge on any atom is 0.251 e. The van der Waals surface area contributed by atoms with Crippen molar-refractivity contribution in [3.63, 3.8) is 0 Å². The Morgan fingerprint density at radius 2 is 2.00 bits per heavy atom. The summed E-state index contributed by atoms with van der Waals surface area (Å²) in [6, 6.07) is 3.65. The molecule has 1 saturated carbocycles. The minimum atomic E-state index is -0.684. The van der Waals surface area contributed by atoms with Crippen LogP contribution in [0.3, 0.4) is 0 Å². The molecule has 1 aromatic rings. The first-order valence-corrected chi connectivity index (χ1v) is 6.52. The molecule has 1 aliphatic carbocycles. The Balaban J connectivity index is 1.95. The normalized spacial score (nSPS) is 21.4. The number of benzene rings is 1. The first kappa shape index (κ1) is 11.3. The van der Waals surface area contributed by atoms with E-state index in [1.807, 2.05) is 12.1 Å². The van der Waals surface area contributed by atoms with Gasteiger partial charge in [0.1, 0.15) is 0 Å². The topological polar surface area (TPSA) is 64.7 Å². The van der Waals surface area contributed by atoms with E-state index in [1.165, 1.54) is 0 Å². The van der Waals surface area contributed by atoms with Crippen molar-refractivity contribution in [3.8, 4) is 11.5 Å². The molecule has 3 N–H and O–H groups in total. The van der Waals surface area contributed by atoms with E-state index in [-0.39, 0.29) is 6.54 Å². The Kier molecular flexibility index (Phi) is 2.57. The molecule has 0 amide bonds. The Bertz CT molecular complexity index is 459. The first-order chi connectivity index (χ1) is 8.13. The summed E-state index contributed by atoms with van der Waals surface area (Å²) >= 11 is 3.42. The Morgan fingerprint density at radius 3 is 2.53 bits per heavy atom. The van der Waals surface area contributed by atoms with E-state index in [9.17, 15) is 5.11 Å². The number of rotatable bonds is 2. The average Bonchev–Trinajstić information content (AvgIpc) is 2.65. The number of hydrogen-bond acceptors (Lipinski definition) is 4. The standard InChI is InChI=1S/C12H14BrNO3/c13-8-5-11-10(4-7(8)9(15)6-14)16-12(17-11)2-1-3-12/h4-5,9,15H,1-3,6,14H2. The third-order valence-electron chi connectivity index (χ3n) is 3.35. The lowest BCUT2D eigenvalue weighted by Gasteiger charge is -2.35. The smallest absolute Gasteiger partial charge is 0.251 e. The zero-order chi connectivity index (χ0) is 12.0. The van der Waals surface area contributed by atoms with Crippen LogP contribution < -0.4 is 15.2 Å². The van der Waals surface area contributed by atoms with Crippen LogP contribution in [-0.4, -0.2) is 17.4 Å². The van der Waals surface area contributed by atoms with Crippen LogP contribution >= 0.6 is 15.9 Å². The van der Waals surface area contributed by atoms with Crippen molar-refractivity contribution in [2.24, 2.45) is 5.73 Å². The lowest BCUT2D eigenvalue weighted by molar-refractivity contribution is -0.138. The highest BCUT2D eigenvalue weighted by Gasteiger charge is 2.47. The fourth-order valence-electron chi connectivity index (χ4n) is 2.18. The van der Waals surface area contributed by atoms with Crippen molar-refractivity contribution >= 4 is 15.9 Å². The summed E-state index contributed by atoms with van der Waals surface area (Å²) in [6.07, 6.45) is 2.30.